The molecule has 134 valence electrons. The molecule has 0 radical (unpaired) electrons. The number of hydrogen-bond acceptors (Lipinski definition) is 3. The van der Waals surface area contributed by atoms with Crippen LogP contribution in [0.3, 0.4) is 0 Å². The molecule has 2 aromatic carbocycles. The van der Waals surface area contributed by atoms with E-state index in [0.29, 0.717) is 16.6 Å². The molecule has 0 aliphatic heterocycles. The van der Waals surface area contributed by atoms with Crippen LogP contribution in [-0.4, -0.2) is 32.8 Å². The predicted molar refractivity (Wildman–Crippen MR) is 99.2 cm³/mol. The number of halogens is 2. The number of carbonyl (C=O) groups is 1. The van der Waals surface area contributed by atoms with Crippen LogP contribution in [0.15, 0.2) is 53.4 Å². The van der Waals surface area contributed by atoms with Crippen molar-refractivity contribution in [1.29, 1.82) is 0 Å². The maximum atomic E-state index is 12.2. The number of rotatable bonds is 7. The predicted octanol–water partition coefficient (Wildman–Crippen LogP) is 3.32. The lowest BCUT2D eigenvalue weighted by Gasteiger charge is -2.18. The van der Waals surface area contributed by atoms with Crippen LogP contribution in [0.5, 0.6) is 0 Å². The summed E-state index contributed by atoms with van der Waals surface area (Å²) in [6.07, 6.45) is 0.0594. The number of nitrogens with zero attached hydrogens (tertiary/aromatic N) is 1. The fourth-order valence-corrected chi connectivity index (χ4v) is 3.54. The Morgan fingerprint density at radius 3 is 2.40 bits per heavy atom. The fraction of sp³-hybridized carbons (Fsp3) is 0.235. The molecule has 1 N–H and O–H groups in total. The molecule has 0 heterocycles. The van der Waals surface area contributed by atoms with Crippen LogP contribution in [0.1, 0.15) is 12.0 Å². The topological polar surface area (TPSA) is 66.5 Å². The molecule has 0 fully saturated rings. The first-order chi connectivity index (χ1) is 11.8. The summed E-state index contributed by atoms with van der Waals surface area (Å²) in [5.74, 6) is -0.179. The van der Waals surface area contributed by atoms with Gasteiger partial charge in [-0.3, -0.25) is 4.79 Å². The highest BCUT2D eigenvalue weighted by Gasteiger charge is 2.15. The van der Waals surface area contributed by atoms with Crippen LogP contribution < -0.4 is 4.72 Å². The molecular weight excluding hydrogens is 383 g/mol. The summed E-state index contributed by atoms with van der Waals surface area (Å²) in [6, 6.07) is 13.2. The Kier molecular flexibility index (Phi) is 6.84. The van der Waals surface area contributed by atoms with Crippen LogP contribution in [0.2, 0.25) is 10.0 Å². The number of hydrogen-bond donors (Lipinski definition) is 1. The van der Waals surface area contributed by atoms with Gasteiger partial charge in [0.2, 0.25) is 15.9 Å². The lowest BCUT2D eigenvalue weighted by Crippen LogP contribution is -2.31. The summed E-state index contributed by atoms with van der Waals surface area (Å²) >= 11 is 11.8. The van der Waals surface area contributed by atoms with E-state index in [-0.39, 0.29) is 23.8 Å². The van der Waals surface area contributed by atoms with Crippen molar-refractivity contribution in [3.05, 3.63) is 64.1 Å². The van der Waals surface area contributed by atoms with Gasteiger partial charge in [0.25, 0.3) is 0 Å². The van der Waals surface area contributed by atoms with Crippen molar-refractivity contribution in [3.8, 4) is 0 Å². The van der Waals surface area contributed by atoms with Crippen molar-refractivity contribution in [2.45, 2.75) is 17.9 Å². The van der Waals surface area contributed by atoms with Gasteiger partial charge in [0, 0.05) is 26.6 Å². The smallest absolute Gasteiger partial charge is 0.240 e. The van der Waals surface area contributed by atoms with Crippen LogP contribution >= 0.6 is 23.2 Å². The Morgan fingerprint density at radius 1 is 1.08 bits per heavy atom. The summed E-state index contributed by atoms with van der Waals surface area (Å²) in [4.78, 5) is 13.8. The minimum atomic E-state index is -3.60. The summed E-state index contributed by atoms with van der Waals surface area (Å²) in [5.41, 5.74) is 0.843. The maximum absolute atomic E-state index is 12.2. The fourth-order valence-electron chi connectivity index (χ4n) is 2.17. The Hall–Kier alpha value is -1.60. The molecule has 0 atom stereocenters. The first kappa shape index (κ1) is 19.7. The van der Waals surface area contributed by atoms with E-state index in [1.54, 1.807) is 43.4 Å². The van der Waals surface area contributed by atoms with Gasteiger partial charge in [-0.25, -0.2) is 13.1 Å². The monoisotopic (exact) mass is 400 g/mol. The number of sulfonamides is 1. The Morgan fingerprint density at radius 2 is 1.76 bits per heavy atom. The number of nitrogens with one attached hydrogen (secondary N) is 1. The zero-order chi connectivity index (χ0) is 18.4. The molecule has 2 aromatic rings. The summed E-state index contributed by atoms with van der Waals surface area (Å²) < 4.78 is 26.6. The van der Waals surface area contributed by atoms with E-state index >= 15 is 0 Å². The van der Waals surface area contributed by atoms with Crippen LogP contribution in [0.4, 0.5) is 0 Å². The zero-order valence-corrected chi connectivity index (χ0v) is 15.9. The minimum absolute atomic E-state index is 0.0295. The molecule has 2 rings (SSSR count). The first-order valence-electron chi connectivity index (χ1n) is 7.52. The van der Waals surface area contributed by atoms with Crippen molar-refractivity contribution in [3.63, 3.8) is 0 Å². The van der Waals surface area contributed by atoms with Gasteiger partial charge in [-0.2, -0.15) is 0 Å². The van der Waals surface area contributed by atoms with E-state index in [9.17, 15) is 13.2 Å². The molecule has 0 unspecified atom stereocenters. The number of amides is 1. The van der Waals surface area contributed by atoms with E-state index in [2.05, 4.69) is 4.72 Å². The van der Waals surface area contributed by atoms with Gasteiger partial charge in [-0.15, -0.1) is 0 Å². The normalized spacial score (nSPS) is 11.3. The molecule has 25 heavy (non-hydrogen) atoms. The third kappa shape index (κ3) is 5.71. The second kappa shape index (κ2) is 8.67. The first-order valence-corrected chi connectivity index (χ1v) is 9.76. The summed E-state index contributed by atoms with van der Waals surface area (Å²) in [5, 5.41) is 0.880. The second-order valence-electron chi connectivity index (χ2n) is 5.46. The standard InChI is InChI=1S/C17H18Cl2N2O3S/c1-21(12-13-7-8-15(18)16(19)11-13)17(22)9-10-20-25(23,24)14-5-3-2-4-6-14/h2-8,11,20H,9-10,12H2,1H3. The zero-order valence-electron chi connectivity index (χ0n) is 13.6. The van der Waals surface area contributed by atoms with Crippen molar-refractivity contribution in [1.82, 2.24) is 9.62 Å². The van der Waals surface area contributed by atoms with E-state index < -0.39 is 10.0 Å². The van der Waals surface area contributed by atoms with Crippen molar-refractivity contribution >= 4 is 39.1 Å². The molecule has 0 aliphatic carbocycles. The highest BCUT2D eigenvalue weighted by atomic mass is 35.5. The Balaban J connectivity index is 1.86. The van der Waals surface area contributed by atoms with Crippen molar-refractivity contribution in [2.24, 2.45) is 0 Å². The Labute approximate surface area is 157 Å². The van der Waals surface area contributed by atoms with Gasteiger partial charge >= 0.3 is 0 Å². The molecule has 0 bridgehead atoms. The van der Waals surface area contributed by atoms with Gasteiger partial charge in [-0.05, 0) is 29.8 Å². The number of benzene rings is 2. The molecule has 5 nitrogen and oxygen atoms in total. The third-order valence-corrected chi connectivity index (χ3v) is 5.73. The van der Waals surface area contributed by atoms with Gasteiger partial charge < -0.3 is 4.90 Å². The van der Waals surface area contributed by atoms with E-state index in [1.165, 1.54) is 17.0 Å². The van der Waals surface area contributed by atoms with Gasteiger partial charge in [0.05, 0.1) is 14.9 Å². The molecule has 1 amide bonds. The average molecular weight is 401 g/mol. The highest BCUT2D eigenvalue weighted by molar-refractivity contribution is 7.89. The maximum Gasteiger partial charge on any atom is 0.240 e. The summed E-state index contributed by atoms with van der Waals surface area (Å²) in [7, 11) is -1.95. The van der Waals surface area contributed by atoms with Crippen LogP contribution in [0, 0.1) is 0 Å². The molecule has 0 aliphatic rings. The van der Waals surface area contributed by atoms with E-state index in [0.717, 1.165) is 5.56 Å². The van der Waals surface area contributed by atoms with Gasteiger partial charge in [0.1, 0.15) is 0 Å². The number of carbonyl (C=O) groups excluding carboxylic acids is 1. The Bertz CT molecular complexity index is 842. The van der Waals surface area contributed by atoms with Gasteiger partial charge in [-0.1, -0.05) is 47.5 Å². The molecule has 0 saturated heterocycles. The molecule has 8 heteroatoms. The lowest BCUT2D eigenvalue weighted by atomic mass is 10.2. The second-order valence-corrected chi connectivity index (χ2v) is 8.04. The quantitative estimate of drug-likeness (QED) is 0.774. The molecule has 0 spiro atoms. The van der Waals surface area contributed by atoms with Crippen LogP contribution in [0.25, 0.3) is 0 Å². The lowest BCUT2D eigenvalue weighted by molar-refractivity contribution is -0.130. The molecule has 0 saturated carbocycles. The van der Waals surface area contributed by atoms with Gasteiger partial charge in [0.15, 0.2) is 0 Å². The van der Waals surface area contributed by atoms with Crippen molar-refractivity contribution in [2.75, 3.05) is 13.6 Å². The summed E-state index contributed by atoms with van der Waals surface area (Å²) in [6.45, 7) is 0.392. The van der Waals surface area contributed by atoms with E-state index in [4.69, 9.17) is 23.2 Å². The third-order valence-electron chi connectivity index (χ3n) is 3.51. The van der Waals surface area contributed by atoms with Crippen molar-refractivity contribution < 1.29 is 13.2 Å². The SMILES string of the molecule is CN(Cc1ccc(Cl)c(Cl)c1)C(=O)CCNS(=O)(=O)c1ccccc1. The molecular formula is C17H18Cl2N2O3S. The van der Waals surface area contributed by atoms with E-state index in [1.807, 2.05) is 0 Å². The molecule has 0 aromatic heterocycles. The largest absolute Gasteiger partial charge is 0.341 e. The highest BCUT2D eigenvalue weighted by Crippen LogP contribution is 2.23. The van der Waals surface area contributed by atoms with Crippen LogP contribution in [-0.2, 0) is 21.4 Å². The average Bonchev–Trinajstić information content (AvgIpc) is 2.58. The minimum Gasteiger partial charge on any atom is -0.341 e.